The van der Waals surface area contributed by atoms with Crippen LogP contribution in [-0.4, -0.2) is 21.7 Å². The average molecular weight is 560 g/mol. The van der Waals surface area contributed by atoms with Crippen LogP contribution in [0.5, 0.6) is 5.75 Å². The van der Waals surface area contributed by atoms with Gasteiger partial charge in [0.1, 0.15) is 16.7 Å². The number of thioether (sulfide) groups is 1. The summed E-state index contributed by atoms with van der Waals surface area (Å²) in [6.07, 6.45) is 1.85. The minimum absolute atomic E-state index is 0.0499. The molecule has 3 nitrogen and oxygen atoms in total. The molecular formula is C19H15BrINO2S2. The van der Waals surface area contributed by atoms with E-state index in [2.05, 4.69) is 50.7 Å². The van der Waals surface area contributed by atoms with Crippen LogP contribution < -0.4 is 4.74 Å². The first-order valence-electron chi connectivity index (χ1n) is 7.90. The zero-order chi connectivity index (χ0) is 18.7. The Balaban J connectivity index is 1.84. The third-order valence-corrected chi connectivity index (χ3v) is 6.35. The molecule has 0 aliphatic carbocycles. The lowest BCUT2D eigenvalue weighted by molar-refractivity contribution is -0.121. The van der Waals surface area contributed by atoms with Gasteiger partial charge in [-0.3, -0.25) is 9.69 Å². The topological polar surface area (TPSA) is 29.5 Å². The fourth-order valence-corrected chi connectivity index (χ4v) is 4.53. The van der Waals surface area contributed by atoms with Gasteiger partial charge in [0.2, 0.25) is 0 Å². The summed E-state index contributed by atoms with van der Waals surface area (Å²) in [6.45, 7) is 2.97. The molecule has 0 unspecified atom stereocenters. The molecule has 3 rings (SSSR count). The largest absolute Gasteiger partial charge is 0.488 e. The predicted octanol–water partition coefficient (Wildman–Crippen LogP) is 5.85. The Hall–Kier alpha value is -0.900. The number of carbonyl (C=O) groups excluding carboxylic acids is 1. The molecule has 2 aromatic carbocycles. The number of hydrogen-bond acceptors (Lipinski definition) is 4. The van der Waals surface area contributed by atoms with Gasteiger partial charge in [-0.1, -0.05) is 52.0 Å². The number of hydrogen-bond donors (Lipinski definition) is 0. The van der Waals surface area contributed by atoms with E-state index in [1.54, 1.807) is 4.90 Å². The van der Waals surface area contributed by atoms with Gasteiger partial charge in [0.25, 0.3) is 5.91 Å². The van der Waals surface area contributed by atoms with Crippen LogP contribution in [0, 0.1) is 3.57 Å². The molecule has 0 atom stereocenters. The molecule has 0 bridgehead atoms. The van der Waals surface area contributed by atoms with E-state index in [0.717, 1.165) is 21.3 Å². The summed E-state index contributed by atoms with van der Waals surface area (Å²) in [7, 11) is 0. The summed E-state index contributed by atoms with van der Waals surface area (Å²) < 4.78 is 8.72. The number of ether oxygens (including phenoxy) is 1. The van der Waals surface area contributed by atoms with Gasteiger partial charge >= 0.3 is 0 Å². The van der Waals surface area contributed by atoms with Gasteiger partial charge in [-0.05, 0) is 71.5 Å². The Labute approximate surface area is 184 Å². The van der Waals surface area contributed by atoms with Crippen molar-refractivity contribution in [1.82, 2.24) is 4.90 Å². The first kappa shape index (κ1) is 19.9. The smallest absolute Gasteiger partial charge is 0.266 e. The lowest BCUT2D eigenvalue weighted by atomic mass is 10.1. The van der Waals surface area contributed by atoms with Gasteiger partial charge in [0.05, 0.1) is 4.91 Å². The van der Waals surface area contributed by atoms with E-state index < -0.39 is 0 Å². The molecule has 0 aromatic heterocycles. The zero-order valence-electron chi connectivity index (χ0n) is 13.9. The second kappa shape index (κ2) is 8.86. The van der Waals surface area contributed by atoms with Crippen molar-refractivity contribution in [2.24, 2.45) is 0 Å². The maximum absolute atomic E-state index is 12.5. The maximum Gasteiger partial charge on any atom is 0.266 e. The molecule has 1 saturated heterocycles. The maximum atomic E-state index is 12.5. The van der Waals surface area contributed by atoms with Crippen LogP contribution in [0.15, 0.2) is 51.8 Å². The average Bonchev–Trinajstić information content (AvgIpc) is 2.88. The highest BCUT2D eigenvalue weighted by atomic mass is 127. The summed E-state index contributed by atoms with van der Waals surface area (Å²) in [5.74, 6) is 0.680. The minimum Gasteiger partial charge on any atom is -0.488 e. The fourth-order valence-electron chi connectivity index (χ4n) is 2.42. The third kappa shape index (κ3) is 4.68. The number of amides is 1. The van der Waals surface area contributed by atoms with E-state index in [4.69, 9.17) is 17.0 Å². The summed E-state index contributed by atoms with van der Waals surface area (Å²) in [6, 6.07) is 14.0. The summed E-state index contributed by atoms with van der Waals surface area (Å²) in [4.78, 5) is 14.7. The minimum atomic E-state index is -0.0499. The molecule has 7 heteroatoms. The first-order valence-corrected chi connectivity index (χ1v) is 11.0. The van der Waals surface area contributed by atoms with Crippen molar-refractivity contribution in [2.75, 3.05) is 6.54 Å². The summed E-state index contributed by atoms with van der Waals surface area (Å²) >= 11 is 12.4. The highest BCUT2D eigenvalue weighted by molar-refractivity contribution is 14.1. The number of benzene rings is 2. The molecular weight excluding hydrogens is 545 g/mol. The molecule has 26 heavy (non-hydrogen) atoms. The van der Waals surface area contributed by atoms with E-state index >= 15 is 0 Å². The van der Waals surface area contributed by atoms with Crippen molar-refractivity contribution in [3.63, 3.8) is 0 Å². The standard InChI is InChI=1S/C19H15BrINO2S2/c1-2-22-18(23)17(26-19(22)25)10-13-9-14(20)5-8-16(13)24-11-12-3-6-15(21)7-4-12/h3-10H,2,11H2,1H3/b17-10-. The Morgan fingerprint density at radius 1 is 1.27 bits per heavy atom. The van der Waals surface area contributed by atoms with Gasteiger partial charge in [-0.15, -0.1) is 0 Å². The molecule has 1 heterocycles. The van der Waals surface area contributed by atoms with E-state index in [-0.39, 0.29) is 5.91 Å². The van der Waals surface area contributed by atoms with E-state index in [0.29, 0.717) is 22.4 Å². The number of likely N-dealkylation sites (N-methyl/N-ethyl adjacent to an activating group) is 1. The molecule has 1 fully saturated rings. The van der Waals surface area contributed by atoms with Crippen molar-refractivity contribution in [2.45, 2.75) is 13.5 Å². The molecule has 1 aliphatic heterocycles. The van der Waals surface area contributed by atoms with Gasteiger partial charge in [-0.25, -0.2) is 0 Å². The van der Waals surface area contributed by atoms with Crippen molar-refractivity contribution in [1.29, 1.82) is 0 Å². The summed E-state index contributed by atoms with van der Waals surface area (Å²) in [5.41, 5.74) is 1.94. The van der Waals surface area contributed by atoms with Crippen molar-refractivity contribution in [3.05, 3.63) is 66.5 Å². The lowest BCUT2D eigenvalue weighted by Gasteiger charge is -2.11. The van der Waals surface area contributed by atoms with Crippen LogP contribution in [-0.2, 0) is 11.4 Å². The fraction of sp³-hybridized carbons (Fsp3) is 0.158. The quantitative estimate of drug-likeness (QED) is 0.261. The van der Waals surface area contributed by atoms with Crippen LogP contribution in [0.2, 0.25) is 0 Å². The number of carbonyl (C=O) groups is 1. The molecule has 0 radical (unpaired) electrons. The van der Waals surface area contributed by atoms with Gasteiger partial charge < -0.3 is 4.74 Å². The van der Waals surface area contributed by atoms with Crippen LogP contribution in [0.4, 0.5) is 0 Å². The van der Waals surface area contributed by atoms with E-state index in [1.165, 1.54) is 15.3 Å². The molecule has 0 N–H and O–H groups in total. The molecule has 1 aliphatic rings. The Kier molecular flexibility index (Phi) is 6.76. The molecule has 2 aromatic rings. The SMILES string of the molecule is CCN1C(=O)/C(=C/c2cc(Br)ccc2OCc2ccc(I)cc2)SC1=S. The Bertz CT molecular complexity index is 884. The van der Waals surface area contributed by atoms with Crippen molar-refractivity contribution >= 4 is 78.8 Å². The normalized spacial score (nSPS) is 15.8. The predicted molar refractivity (Wildman–Crippen MR) is 123 cm³/mol. The molecule has 1 amide bonds. The number of rotatable bonds is 5. The number of thiocarbonyl (C=S) groups is 1. The highest BCUT2D eigenvalue weighted by Crippen LogP contribution is 2.35. The Morgan fingerprint density at radius 2 is 2.00 bits per heavy atom. The first-order chi connectivity index (χ1) is 12.5. The zero-order valence-corrected chi connectivity index (χ0v) is 19.2. The van der Waals surface area contributed by atoms with Crippen molar-refractivity contribution < 1.29 is 9.53 Å². The lowest BCUT2D eigenvalue weighted by Crippen LogP contribution is -2.27. The molecule has 0 spiro atoms. The van der Waals surface area contributed by atoms with Gasteiger partial charge in [0.15, 0.2) is 0 Å². The van der Waals surface area contributed by atoms with E-state index in [9.17, 15) is 4.79 Å². The van der Waals surface area contributed by atoms with Gasteiger partial charge in [-0.2, -0.15) is 0 Å². The van der Waals surface area contributed by atoms with Crippen LogP contribution in [0.1, 0.15) is 18.1 Å². The molecule has 0 saturated carbocycles. The van der Waals surface area contributed by atoms with Crippen LogP contribution in [0.3, 0.4) is 0 Å². The monoisotopic (exact) mass is 559 g/mol. The second-order valence-electron chi connectivity index (χ2n) is 5.52. The van der Waals surface area contributed by atoms with Crippen LogP contribution in [0.25, 0.3) is 6.08 Å². The number of halogens is 2. The second-order valence-corrected chi connectivity index (χ2v) is 9.36. The Morgan fingerprint density at radius 3 is 2.65 bits per heavy atom. The van der Waals surface area contributed by atoms with Crippen molar-refractivity contribution in [3.8, 4) is 5.75 Å². The van der Waals surface area contributed by atoms with E-state index in [1.807, 2.05) is 43.3 Å². The van der Waals surface area contributed by atoms with Crippen LogP contribution >= 0.6 is 62.5 Å². The molecule has 134 valence electrons. The highest BCUT2D eigenvalue weighted by Gasteiger charge is 2.30. The van der Waals surface area contributed by atoms with Gasteiger partial charge in [0, 0.05) is 20.2 Å². The number of nitrogens with zero attached hydrogens (tertiary/aromatic N) is 1. The summed E-state index contributed by atoms with van der Waals surface area (Å²) in [5, 5.41) is 0. The third-order valence-electron chi connectivity index (χ3n) is 3.76.